The summed E-state index contributed by atoms with van der Waals surface area (Å²) in [7, 11) is 0. The first-order valence-corrected chi connectivity index (χ1v) is 12.3. The molecule has 0 bridgehead atoms. The maximum absolute atomic E-state index is 13.3. The molecule has 1 aliphatic carbocycles. The van der Waals surface area contributed by atoms with Gasteiger partial charge in [-0.3, -0.25) is 9.48 Å². The minimum atomic E-state index is -4.67. The van der Waals surface area contributed by atoms with Gasteiger partial charge in [-0.15, -0.1) is 0 Å². The Bertz CT molecular complexity index is 1530. The van der Waals surface area contributed by atoms with Crippen LogP contribution in [0.5, 0.6) is 0 Å². The lowest BCUT2D eigenvalue weighted by Gasteiger charge is -2.10. The van der Waals surface area contributed by atoms with Crippen molar-refractivity contribution in [1.29, 1.82) is 0 Å². The van der Waals surface area contributed by atoms with Crippen LogP contribution in [0.3, 0.4) is 0 Å². The van der Waals surface area contributed by atoms with E-state index < -0.39 is 23.7 Å². The molecule has 1 N–H and O–H groups in total. The Kier molecular flexibility index (Phi) is 6.82. The van der Waals surface area contributed by atoms with Gasteiger partial charge in [0.05, 0.1) is 35.8 Å². The van der Waals surface area contributed by atoms with Crippen molar-refractivity contribution in [1.82, 2.24) is 24.4 Å². The third-order valence-electron chi connectivity index (χ3n) is 6.05. The number of halogens is 4. The van der Waals surface area contributed by atoms with Crippen LogP contribution < -0.4 is 5.32 Å². The summed E-state index contributed by atoms with van der Waals surface area (Å²) in [6.45, 7) is 1.89. The second kappa shape index (κ2) is 10.1. The van der Waals surface area contributed by atoms with Gasteiger partial charge in [0.25, 0.3) is 0 Å². The standard InChI is InChI=1S/C25H22ClF3N6O3/c1-2-38-24(37)17-13-31-35-18(8-10-30-23(17)35)15-4-3-5-16(12-15)32-19(36)9-11-34-21(14-6-7-14)20(26)22(33-34)25(27,28)29/h3-5,8,10,12-14H,2,6-7,9,11H2,1H3,(H,32,36). The third-order valence-corrected chi connectivity index (χ3v) is 6.43. The molecular weight excluding hydrogens is 525 g/mol. The van der Waals surface area contributed by atoms with Crippen molar-refractivity contribution in [2.24, 2.45) is 0 Å². The molecule has 1 aliphatic rings. The van der Waals surface area contributed by atoms with E-state index in [0.717, 1.165) is 12.8 Å². The third kappa shape index (κ3) is 5.08. The number of benzene rings is 1. The van der Waals surface area contributed by atoms with Gasteiger partial charge in [0.15, 0.2) is 11.3 Å². The number of alkyl halides is 3. The molecule has 38 heavy (non-hydrogen) atoms. The molecule has 1 aromatic carbocycles. The van der Waals surface area contributed by atoms with E-state index in [4.69, 9.17) is 16.3 Å². The van der Waals surface area contributed by atoms with E-state index >= 15 is 0 Å². The predicted molar refractivity (Wildman–Crippen MR) is 132 cm³/mol. The van der Waals surface area contributed by atoms with Crippen LogP contribution in [-0.2, 0) is 22.3 Å². The summed E-state index contributed by atoms with van der Waals surface area (Å²) in [5, 5.41) is 10.3. The van der Waals surface area contributed by atoms with Gasteiger partial charge in [0, 0.05) is 29.8 Å². The summed E-state index contributed by atoms with van der Waals surface area (Å²) in [6.07, 6.45) is -0.359. The SMILES string of the molecule is CCOC(=O)c1cnn2c(-c3cccc(NC(=O)CCn4nc(C(F)(F)F)c(Cl)c4C4CC4)c3)ccnc12. The van der Waals surface area contributed by atoms with E-state index in [1.54, 1.807) is 37.4 Å². The molecule has 3 aromatic heterocycles. The molecular formula is C25H22ClF3N6O3. The highest BCUT2D eigenvalue weighted by atomic mass is 35.5. The Labute approximate surface area is 219 Å². The Morgan fingerprint density at radius 2 is 2.03 bits per heavy atom. The quantitative estimate of drug-likeness (QED) is 0.299. The number of carbonyl (C=O) groups excluding carboxylic acids is 2. The number of nitrogens with one attached hydrogen (secondary N) is 1. The van der Waals surface area contributed by atoms with E-state index in [-0.39, 0.29) is 36.1 Å². The van der Waals surface area contributed by atoms with Crippen LogP contribution in [0.2, 0.25) is 5.02 Å². The van der Waals surface area contributed by atoms with Gasteiger partial charge in [0.1, 0.15) is 5.56 Å². The van der Waals surface area contributed by atoms with Gasteiger partial charge in [0.2, 0.25) is 5.91 Å². The largest absolute Gasteiger partial charge is 0.462 e. The number of amides is 1. The molecule has 0 spiro atoms. The number of rotatable bonds is 8. The zero-order valence-corrected chi connectivity index (χ0v) is 20.9. The molecule has 1 fully saturated rings. The maximum Gasteiger partial charge on any atom is 0.436 e. The smallest absolute Gasteiger partial charge is 0.436 e. The second-order valence-electron chi connectivity index (χ2n) is 8.77. The number of hydrogen-bond donors (Lipinski definition) is 1. The van der Waals surface area contributed by atoms with Gasteiger partial charge in [-0.1, -0.05) is 23.7 Å². The number of carbonyl (C=O) groups is 2. The number of ether oxygens (including phenoxy) is 1. The highest BCUT2D eigenvalue weighted by Gasteiger charge is 2.42. The molecule has 0 aliphatic heterocycles. The molecule has 1 amide bonds. The van der Waals surface area contributed by atoms with E-state index in [9.17, 15) is 22.8 Å². The summed E-state index contributed by atoms with van der Waals surface area (Å²) in [4.78, 5) is 29.1. The fourth-order valence-electron chi connectivity index (χ4n) is 4.20. The summed E-state index contributed by atoms with van der Waals surface area (Å²) in [5.41, 5.74) is 1.57. The van der Waals surface area contributed by atoms with Crippen molar-refractivity contribution in [3.63, 3.8) is 0 Å². The first-order valence-electron chi connectivity index (χ1n) is 11.9. The molecule has 0 unspecified atom stereocenters. The normalized spacial score (nSPS) is 13.6. The van der Waals surface area contributed by atoms with Crippen LogP contribution in [0, 0.1) is 0 Å². The van der Waals surface area contributed by atoms with Gasteiger partial charge < -0.3 is 10.1 Å². The van der Waals surface area contributed by atoms with Crippen LogP contribution >= 0.6 is 11.6 Å². The van der Waals surface area contributed by atoms with E-state index in [2.05, 4.69) is 20.5 Å². The summed E-state index contributed by atoms with van der Waals surface area (Å²) >= 11 is 6.00. The van der Waals surface area contributed by atoms with Crippen LogP contribution in [0.15, 0.2) is 42.7 Å². The number of hydrogen-bond acceptors (Lipinski definition) is 6. The minimum Gasteiger partial charge on any atom is -0.462 e. The highest BCUT2D eigenvalue weighted by Crippen LogP contribution is 2.47. The number of aryl methyl sites for hydroxylation is 1. The lowest BCUT2D eigenvalue weighted by molar-refractivity contribution is -0.141. The summed E-state index contributed by atoms with van der Waals surface area (Å²) in [6, 6.07) is 8.67. The highest BCUT2D eigenvalue weighted by molar-refractivity contribution is 6.32. The average molecular weight is 547 g/mol. The van der Waals surface area contributed by atoms with Crippen molar-refractivity contribution in [2.75, 3.05) is 11.9 Å². The van der Waals surface area contributed by atoms with Gasteiger partial charge >= 0.3 is 12.1 Å². The zero-order chi connectivity index (χ0) is 27.0. The molecule has 5 rings (SSSR count). The Balaban J connectivity index is 1.32. The second-order valence-corrected chi connectivity index (χ2v) is 9.14. The van der Waals surface area contributed by atoms with Crippen molar-refractivity contribution >= 4 is 34.8 Å². The van der Waals surface area contributed by atoms with Gasteiger partial charge in [-0.05, 0) is 38.0 Å². The van der Waals surface area contributed by atoms with Crippen LogP contribution in [-0.4, -0.2) is 42.9 Å². The minimum absolute atomic E-state index is 0.0396. The van der Waals surface area contributed by atoms with Crippen molar-refractivity contribution in [2.45, 2.75) is 44.8 Å². The average Bonchev–Trinajstić information content (AvgIpc) is 3.51. The summed E-state index contributed by atoms with van der Waals surface area (Å²) in [5.74, 6) is -0.999. The molecule has 3 heterocycles. The topological polar surface area (TPSA) is 103 Å². The van der Waals surface area contributed by atoms with Gasteiger partial charge in [-0.2, -0.15) is 23.4 Å². The van der Waals surface area contributed by atoms with Crippen LogP contribution in [0.1, 0.15) is 53.8 Å². The molecule has 0 atom stereocenters. The van der Waals surface area contributed by atoms with Crippen LogP contribution in [0.25, 0.3) is 16.9 Å². The number of aromatic nitrogens is 5. The molecule has 9 nitrogen and oxygen atoms in total. The van der Waals surface area contributed by atoms with Crippen LogP contribution in [0.4, 0.5) is 18.9 Å². The zero-order valence-electron chi connectivity index (χ0n) is 20.1. The monoisotopic (exact) mass is 546 g/mol. The fourth-order valence-corrected chi connectivity index (χ4v) is 4.60. The van der Waals surface area contributed by atoms with E-state index in [1.165, 1.54) is 15.4 Å². The number of esters is 1. The van der Waals surface area contributed by atoms with E-state index in [1.807, 2.05) is 6.07 Å². The molecule has 13 heteroatoms. The Hall–Kier alpha value is -3.93. The molecule has 198 valence electrons. The maximum atomic E-state index is 13.3. The number of nitrogens with zero attached hydrogens (tertiary/aromatic N) is 5. The molecule has 0 radical (unpaired) electrons. The van der Waals surface area contributed by atoms with Crippen molar-refractivity contribution in [3.05, 3.63) is 64.7 Å². The Morgan fingerprint density at radius 3 is 2.74 bits per heavy atom. The predicted octanol–water partition coefficient (Wildman–Crippen LogP) is 5.35. The number of anilines is 1. The van der Waals surface area contributed by atoms with Crippen molar-refractivity contribution in [3.8, 4) is 11.3 Å². The first-order chi connectivity index (χ1) is 18.2. The Morgan fingerprint density at radius 1 is 1.24 bits per heavy atom. The lowest BCUT2D eigenvalue weighted by Crippen LogP contribution is -2.16. The van der Waals surface area contributed by atoms with E-state index in [0.29, 0.717) is 28.3 Å². The van der Waals surface area contributed by atoms with Crippen molar-refractivity contribution < 1.29 is 27.5 Å². The fraction of sp³-hybridized carbons (Fsp3) is 0.320. The summed E-state index contributed by atoms with van der Waals surface area (Å²) < 4.78 is 47.6. The first kappa shape index (κ1) is 25.7. The molecule has 1 saturated carbocycles. The molecule has 4 aromatic rings. The molecule has 0 saturated heterocycles. The van der Waals surface area contributed by atoms with Gasteiger partial charge in [-0.25, -0.2) is 14.3 Å². The number of fused-ring (bicyclic) bond motifs is 1. The lowest BCUT2D eigenvalue weighted by atomic mass is 10.1.